The summed E-state index contributed by atoms with van der Waals surface area (Å²) in [5.74, 6) is -0.182. The Bertz CT molecular complexity index is 524. The van der Waals surface area contributed by atoms with Crippen molar-refractivity contribution in [2.24, 2.45) is 10.7 Å². The van der Waals surface area contributed by atoms with E-state index in [1.54, 1.807) is 0 Å². The van der Waals surface area contributed by atoms with Crippen molar-refractivity contribution >= 4 is 11.9 Å². The first-order valence-corrected chi connectivity index (χ1v) is 6.72. The normalized spacial score (nSPS) is 12.4. The number of hydrogen-bond acceptors (Lipinski definition) is 2. The quantitative estimate of drug-likeness (QED) is 0.440. The molecule has 22 heavy (non-hydrogen) atoms. The van der Waals surface area contributed by atoms with Gasteiger partial charge in [0.05, 0.1) is 12.1 Å². The summed E-state index contributed by atoms with van der Waals surface area (Å²) < 4.78 is 37.2. The van der Waals surface area contributed by atoms with Crippen molar-refractivity contribution in [3.05, 3.63) is 35.4 Å². The van der Waals surface area contributed by atoms with Gasteiger partial charge in [0.2, 0.25) is 0 Å². The highest BCUT2D eigenvalue weighted by atomic mass is 19.4. The van der Waals surface area contributed by atoms with Gasteiger partial charge in [0, 0.05) is 18.2 Å². The lowest BCUT2D eigenvalue weighted by Gasteiger charge is -2.09. The first kappa shape index (κ1) is 17.8. The van der Waals surface area contributed by atoms with Crippen molar-refractivity contribution < 1.29 is 18.0 Å². The van der Waals surface area contributed by atoms with Crippen molar-refractivity contribution in [1.29, 1.82) is 0 Å². The van der Waals surface area contributed by atoms with E-state index < -0.39 is 17.6 Å². The number of benzene rings is 1. The van der Waals surface area contributed by atoms with E-state index >= 15 is 0 Å². The van der Waals surface area contributed by atoms with E-state index in [2.05, 4.69) is 15.6 Å². The molecule has 0 spiro atoms. The van der Waals surface area contributed by atoms with Crippen LogP contribution >= 0.6 is 0 Å². The van der Waals surface area contributed by atoms with Crippen LogP contribution in [-0.4, -0.2) is 31.0 Å². The van der Waals surface area contributed by atoms with Gasteiger partial charge in [-0.3, -0.25) is 9.79 Å². The molecule has 4 N–H and O–H groups in total. The van der Waals surface area contributed by atoms with E-state index in [0.29, 0.717) is 0 Å². The van der Waals surface area contributed by atoms with Gasteiger partial charge in [-0.1, -0.05) is 0 Å². The number of nitrogens with one attached hydrogen (secondary N) is 2. The van der Waals surface area contributed by atoms with Gasteiger partial charge in [0.25, 0.3) is 5.91 Å². The zero-order valence-corrected chi connectivity index (χ0v) is 12.4. The Balaban J connectivity index is 2.46. The monoisotopic (exact) mass is 316 g/mol. The molecule has 0 aromatic heterocycles. The number of nitrogens with two attached hydrogens (primary N) is 1. The third-order valence-electron chi connectivity index (χ3n) is 2.59. The Morgan fingerprint density at radius 3 is 2.36 bits per heavy atom. The van der Waals surface area contributed by atoms with Crippen LogP contribution in [0.1, 0.15) is 29.8 Å². The van der Waals surface area contributed by atoms with E-state index in [4.69, 9.17) is 5.73 Å². The Hall–Kier alpha value is -2.25. The van der Waals surface area contributed by atoms with Crippen LogP contribution in [0.25, 0.3) is 0 Å². The highest BCUT2D eigenvalue weighted by Crippen LogP contribution is 2.28. The largest absolute Gasteiger partial charge is 0.416 e. The maximum atomic E-state index is 12.4. The third kappa shape index (κ3) is 6.02. The van der Waals surface area contributed by atoms with Crippen molar-refractivity contribution in [3.8, 4) is 0 Å². The summed E-state index contributed by atoms with van der Waals surface area (Å²) in [6.45, 7) is 4.34. The molecule has 0 aliphatic carbocycles. The molecule has 122 valence electrons. The molecule has 0 saturated carbocycles. The minimum absolute atomic E-state index is 0.158. The number of hydrogen-bond donors (Lipinski definition) is 3. The smallest absolute Gasteiger partial charge is 0.370 e. The first-order valence-electron chi connectivity index (χ1n) is 6.72. The zero-order valence-electron chi connectivity index (χ0n) is 12.4. The molecule has 0 heterocycles. The molecule has 0 unspecified atom stereocenters. The minimum atomic E-state index is -4.41. The lowest BCUT2D eigenvalue weighted by Crippen LogP contribution is -2.37. The molecule has 1 aromatic rings. The molecule has 1 aromatic carbocycles. The number of halogens is 3. The summed E-state index contributed by atoms with van der Waals surface area (Å²) in [6, 6.07) is 4.17. The van der Waals surface area contributed by atoms with Crippen LogP contribution in [-0.2, 0) is 6.18 Å². The fraction of sp³-hybridized carbons (Fsp3) is 0.429. The molecule has 0 radical (unpaired) electrons. The van der Waals surface area contributed by atoms with Gasteiger partial charge in [-0.15, -0.1) is 0 Å². The van der Waals surface area contributed by atoms with Crippen molar-refractivity contribution in [2.75, 3.05) is 13.1 Å². The van der Waals surface area contributed by atoms with E-state index in [9.17, 15) is 18.0 Å². The first-order chi connectivity index (χ1) is 10.2. The average Bonchev–Trinajstić information content (AvgIpc) is 2.42. The fourth-order valence-corrected chi connectivity index (χ4v) is 1.60. The van der Waals surface area contributed by atoms with Crippen molar-refractivity contribution in [1.82, 2.24) is 10.6 Å². The van der Waals surface area contributed by atoms with Crippen molar-refractivity contribution in [3.63, 3.8) is 0 Å². The molecular formula is C14H19F3N4O. The molecule has 0 saturated heterocycles. The highest BCUT2D eigenvalue weighted by Gasteiger charge is 2.30. The van der Waals surface area contributed by atoms with Crippen LogP contribution in [0.15, 0.2) is 29.3 Å². The van der Waals surface area contributed by atoms with Crippen LogP contribution in [0, 0.1) is 0 Å². The summed E-state index contributed by atoms with van der Waals surface area (Å²) in [5.41, 5.74) is 4.95. The molecule has 5 nitrogen and oxygen atoms in total. The number of carbonyl (C=O) groups excluding carboxylic acids is 1. The summed E-state index contributed by atoms with van der Waals surface area (Å²) in [5, 5.41) is 5.45. The van der Waals surface area contributed by atoms with E-state index in [1.807, 2.05) is 13.8 Å². The fourth-order valence-electron chi connectivity index (χ4n) is 1.60. The maximum Gasteiger partial charge on any atom is 0.416 e. The number of rotatable bonds is 5. The Kier molecular flexibility index (Phi) is 6.21. The second-order valence-corrected chi connectivity index (χ2v) is 4.90. The average molecular weight is 316 g/mol. The summed E-state index contributed by atoms with van der Waals surface area (Å²) >= 11 is 0. The highest BCUT2D eigenvalue weighted by molar-refractivity contribution is 5.94. The number of guanidine groups is 1. The number of aliphatic imine (C=N–C) groups is 1. The van der Waals surface area contributed by atoms with Gasteiger partial charge in [0.15, 0.2) is 5.96 Å². The molecule has 0 aliphatic rings. The second kappa shape index (κ2) is 7.67. The van der Waals surface area contributed by atoms with E-state index in [1.165, 1.54) is 0 Å². The van der Waals surface area contributed by atoms with Gasteiger partial charge >= 0.3 is 6.18 Å². The summed E-state index contributed by atoms with van der Waals surface area (Å²) in [7, 11) is 0. The lowest BCUT2D eigenvalue weighted by atomic mass is 10.1. The number of nitrogens with zero attached hydrogens (tertiary/aromatic N) is 1. The number of amides is 1. The Morgan fingerprint density at radius 2 is 1.86 bits per heavy atom. The van der Waals surface area contributed by atoms with E-state index in [0.717, 1.165) is 24.3 Å². The van der Waals surface area contributed by atoms with Gasteiger partial charge in [0.1, 0.15) is 0 Å². The van der Waals surface area contributed by atoms with Crippen LogP contribution in [0.2, 0.25) is 0 Å². The Morgan fingerprint density at radius 1 is 1.27 bits per heavy atom. The predicted octanol–water partition coefficient (Wildman–Crippen LogP) is 1.75. The van der Waals surface area contributed by atoms with Crippen LogP contribution in [0.3, 0.4) is 0 Å². The molecule has 0 atom stereocenters. The lowest BCUT2D eigenvalue weighted by molar-refractivity contribution is -0.137. The van der Waals surface area contributed by atoms with Crippen molar-refractivity contribution in [2.45, 2.75) is 26.1 Å². The van der Waals surface area contributed by atoms with Gasteiger partial charge < -0.3 is 16.4 Å². The minimum Gasteiger partial charge on any atom is -0.370 e. The molecule has 1 rings (SSSR count). The second-order valence-electron chi connectivity index (χ2n) is 4.90. The predicted molar refractivity (Wildman–Crippen MR) is 78.5 cm³/mol. The Labute approximate surface area is 126 Å². The summed E-state index contributed by atoms with van der Waals surface area (Å²) in [4.78, 5) is 15.7. The summed E-state index contributed by atoms with van der Waals surface area (Å²) in [6.07, 6.45) is -4.41. The zero-order chi connectivity index (χ0) is 16.8. The maximum absolute atomic E-state index is 12.4. The van der Waals surface area contributed by atoms with Gasteiger partial charge in [-0.2, -0.15) is 13.2 Å². The topological polar surface area (TPSA) is 79.5 Å². The van der Waals surface area contributed by atoms with Crippen LogP contribution < -0.4 is 16.4 Å². The molecular weight excluding hydrogens is 297 g/mol. The number of alkyl halides is 3. The van der Waals surface area contributed by atoms with Gasteiger partial charge in [-0.05, 0) is 38.1 Å². The SMILES string of the molecule is CC(C)NC(N)=NCCNC(=O)c1ccc(C(F)(F)F)cc1. The standard InChI is InChI=1S/C14H19F3N4O/c1-9(2)21-13(18)20-8-7-19-12(22)10-3-5-11(6-4-10)14(15,16)17/h3-6,9H,7-8H2,1-2H3,(H,19,22)(H3,18,20,21). The van der Waals surface area contributed by atoms with Crippen LogP contribution in [0.4, 0.5) is 13.2 Å². The number of carbonyl (C=O) groups is 1. The molecule has 0 aliphatic heterocycles. The molecule has 0 fully saturated rings. The molecule has 1 amide bonds. The third-order valence-corrected chi connectivity index (χ3v) is 2.59. The molecule has 8 heteroatoms. The molecule has 0 bridgehead atoms. The van der Waals surface area contributed by atoms with Gasteiger partial charge in [-0.25, -0.2) is 0 Å². The van der Waals surface area contributed by atoms with Crippen LogP contribution in [0.5, 0.6) is 0 Å². The van der Waals surface area contributed by atoms with E-state index in [-0.39, 0.29) is 30.7 Å².